The van der Waals surface area contributed by atoms with E-state index in [1.165, 1.54) is 35.0 Å². The van der Waals surface area contributed by atoms with E-state index < -0.39 is 22.0 Å². The zero-order valence-corrected chi connectivity index (χ0v) is 22.9. The lowest BCUT2D eigenvalue weighted by Crippen LogP contribution is -2.46. The first-order valence-electron chi connectivity index (χ1n) is 13.9. The highest BCUT2D eigenvalue weighted by atomic mass is 32.2. The summed E-state index contributed by atoms with van der Waals surface area (Å²) in [4.78, 5) is 14.5. The van der Waals surface area contributed by atoms with Crippen LogP contribution in [0.4, 0.5) is 5.69 Å². The maximum Gasteiger partial charge on any atom is 0.322 e. The summed E-state index contributed by atoms with van der Waals surface area (Å²) in [6.45, 7) is 8.49. The molecule has 8 heteroatoms. The number of rotatable bonds is 9. The monoisotopic (exact) mass is 538 g/mol. The molecule has 1 N–H and O–H groups in total. The molecule has 3 fully saturated rings. The second-order valence-electron chi connectivity index (χ2n) is 10.8. The first-order chi connectivity index (χ1) is 18.3. The molecule has 4 atom stereocenters. The van der Waals surface area contributed by atoms with E-state index in [9.17, 15) is 18.3 Å². The largest absolute Gasteiger partial charge is 0.480 e. The van der Waals surface area contributed by atoms with E-state index in [2.05, 4.69) is 42.7 Å². The van der Waals surface area contributed by atoms with Crippen molar-refractivity contribution in [2.24, 2.45) is 5.92 Å². The minimum Gasteiger partial charge on any atom is -0.480 e. The van der Waals surface area contributed by atoms with Gasteiger partial charge in [0.15, 0.2) is 0 Å². The predicted octanol–water partition coefficient (Wildman–Crippen LogP) is 5.78. The molecule has 2 aromatic rings. The molecule has 7 nitrogen and oxygen atoms in total. The Morgan fingerprint density at radius 3 is 2.32 bits per heavy atom. The molecule has 2 heterocycles. The standard InChI is InChI=1S/C30H38N2O5S/c1-3-27(22-10-12-24(13-11-22)31-18-6-7-19-31)21(2)37-25-14-16-26(17-15-25)38(35,36)32-28-9-5-4-8-23(28)20-29(32)30(33)34/h10-17,23,27-29H,2-9,18-20H2,1H3,(H,33,34)/t23?,27?,28?,29-/m0/s1. The Hall–Kier alpha value is -2.84. The highest BCUT2D eigenvalue weighted by Crippen LogP contribution is 2.43. The third-order valence-electron chi connectivity index (χ3n) is 8.53. The summed E-state index contributed by atoms with van der Waals surface area (Å²) in [6.07, 6.45) is 7.24. The number of sulfonamides is 1. The number of carboxylic acids is 1. The molecule has 0 amide bonds. The average Bonchev–Trinajstić information content (AvgIpc) is 3.59. The zero-order valence-electron chi connectivity index (χ0n) is 22.1. The summed E-state index contributed by atoms with van der Waals surface area (Å²) in [5, 5.41) is 9.79. The molecule has 0 aromatic heterocycles. The lowest BCUT2D eigenvalue weighted by Gasteiger charge is -2.32. The van der Waals surface area contributed by atoms with Crippen molar-refractivity contribution < 1.29 is 23.1 Å². The summed E-state index contributed by atoms with van der Waals surface area (Å²) < 4.78 is 34.6. The van der Waals surface area contributed by atoms with Crippen LogP contribution in [-0.2, 0) is 14.8 Å². The van der Waals surface area contributed by atoms with Crippen molar-refractivity contribution in [1.29, 1.82) is 0 Å². The number of carboxylic acid groups (broad SMARTS) is 1. The summed E-state index contributed by atoms with van der Waals surface area (Å²) in [5.74, 6) is 0.162. The van der Waals surface area contributed by atoms with Gasteiger partial charge in [-0.2, -0.15) is 4.31 Å². The van der Waals surface area contributed by atoms with Gasteiger partial charge >= 0.3 is 5.97 Å². The minimum atomic E-state index is -3.95. The smallest absolute Gasteiger partial charge is 0.322 e. The lowest BCUT2D eigenvalue weighted by atomic mass is 9.85. The van der Waals surface area contributed by atoms with Crippen LogP contribution in [0, 0.1) is 5.92 Å². The van der Waals surface area contributed by atoms with Gasteiger partial charge in [0.1, 0.15) is 17.6 Å². The van der Waals surface area contributed by atoms with Crippen LogP contribution in [0.5, 0.6) is 5.75 Å². The Morgan fingerprint density at radius 1 is 1.03 bits per heavy atom. The number of carbonyl (C=O) groups is 1. The number of fused-ring (bicyclic) bond motifs is 1. The van der Waals surface area contributed by atoms with Gasteiger partial charge < -0.3 is 14.7 Å². The molecule has 3 unspecified atom stereocenters. The fourth-order valence-corrected chi connectivity index (χ4v) is 8.41. The van der Waals surface area contributed by atoms with Gasteiger partial charge in [-0.05, 0) is 86.4 Å². The quantitative estimate of drug-likeness (QED) is 0.407. The third kappa shape index (κ3) is 5.21. The Balaban J connectivity index is 1.29. The number of hydrogen-bond acceptors (Lipinski definition) is 5. The van der Waals surface area contributed by atoms with E-state index in [0.717, 1.165) is 44.3 Å². The van der Waals surface area contributed by atoms with Gasteiger partial charge in [0.2, 0.25) is 10.0 Å². The average molecular weight is 539 g/mol. The fourth-order valence-electron chi connectivity index (χ4n) is 6.54. The lowest BCUT2D eigenvalue weighted by molar-refractivity contribution is -0.141. The fraction of sp³-hybridized carbons (Fsp3) is 0.500. The summed E-state index contributed by atoms with van der Waals surface area (Å²) >= 11 is 0. The first kappa shape index (κ1) is 26.8. The number of benzene rings is 2. The third-order valence-corrected chi connectivity index (χ3v) is 10.5. The van der Waals surface area contributed by atoms with Gasteiger partial charge in [0.25, 0.3) is 0 Å². The number of anilines is 1. The molecular weight excluding hydrogens is 500 g/mol. The molecule has 0 radical (unpaired) electrons. The molecule has 5 rings (SSSR count). The number of ether oxygens (including phenoxy) is 1. The number of nitrogens with zero attached hydrogens (tertiary/aromatic N) is 2. The van der Waals surface area contributed by atoms with E-state index in [4.69, 9.17) is 4.74 Å². The van der Waals surface area contributed by atoms with Crippen LogP contribution in [-0.4, -0.2) is 49.0 Å². The van der Waals surface area contributed by atoms with Gasteiger partial charge in [-0.3, -0.25) is 4.79 Å². The van der Waals surface area contributed by atoms with Gasteiger partial charge in [-0.1, -0.05) is 38.5 Å². The molecule has 1 aliphatic carbocycles. The van der Waals surface area contributed by atoms with Crippen LogP contribution in [0.15, 0.2) is 65.8 Å². The topological polar surface area (TPSA) is 87.2 Å². The summed E-state index contributed by atoms with van der Waals surface area (Å²) in [5.41, 5.74) is 2.38. The van der Waals surface area contributed by atoms with Crippen LogP contribution in [0.25, 0.3) is 0 Å². The summed E-state index contributed by atoms with van der Waals surface area (Å²) in [7, 11) is -3.95. The van der Waals surface area contributed by atoms with Crippen molar-refractivity contribution in [1.82, 2.24) is 4.31 Å². The molecule has 3 aliphatic rings. The number of aliphatic carboxylic acids is 1. The van der Waals surface area contributed by atoms with Gasteiger partial charge in [-0.25, -0.2) is 8.42 Å². The maximum absolute atomic E-state index is 13.6. The van der Waals surface area contributed by atoms with Crippen LogP contribution in [0.3, 0.4) is 0 Å². The van der Waals surface area contributed by atoms with E-state index in [1.54, 1.807) is 12.1 Å². The molecule has 2 aliphatic heterocycles. The van der Waals surface area contributed by atoms with Crippen LogP contribution >= 0.6 is 0 Å². The van der Waals surface area contributed by atoms with Crippen LogP contribution in [0.1, 0.15) is 69.8 Å². The zero-order chi connectivity index (χ0) is 26.9. The molecule has 1 saturated carbocycles. The van der Waals surface area contributed by atoms with E-state index in [1.807, 2.05) is 0 Å². The molecule has 2 saturated heterocycles. The van der Waals surface area contributed by atoms with Crippen molar-refractivity contribution in [2.75, 3.05) is 18.0 Å². The van der Waals surface area contributed by atoms with Crippen molar-refractivity contribution in [2.45, 2.75) is 81.2 Å². The second kappa shape index (κ2) is 11.1. The van der Waals surface area contributed by atoms with E-state index >= 15 is 0 Å². The molecule has 204 valence electrons. The summed E-state index contributed by atoms with van der Waals surface area (Å²) in [6, 6.07) is 13.6. The normalized spacial score (nSPS) is 24.7. The highest BCUT2D eigenvalue weighted by Gasteiger charge is 2.51. The van der Waals surface area contributed by atoms with Crippen molar-refractivity contribution in [3.05, 3.63) is 66.4 Å². The van der Waals surface area contributed by atoms with Gasteiger partial charge in [0.05, 0.1) is 4.90 Å². The molecule has 2 aromatic carbocycles. The number of hydrogen-bond donors (Lipinski definition) is 1. The molecule has 38 heavy (non-hydrogen) atoms. The Bertz CT molecular complexity index is 1250. The van der Waals surface area contributed by atoms with Crippen molar-refractivity contribution in [3.63, 3.8) is 0 Å². The second-order valence-corrected chi connectivity index (χ2v) is 12.7. The molecule has 0 bridgehead atoms. The van der Waals surface area contributed by atoms with E-state index in [0.29, 0.717) is 24.4 Å². The Labute approximate surface area is 226 Å². The van der Waals surface area contributed by atoms with Gasteiger partial charge in [-0.15, -0.1) is 0 Å². The maximum atomic E-state index is 13.6. The van der Waals surface area contributed by atoms with Crippen molar-refractivity contribution >= 4 is 21.7 Å². The van der Waals surface area contributed by atoms with Crippen LogP contribution in [0.2, 0.25) is 0 Å². The first-order valence-corrected chi connectivity index (χ1v) is 15.3. The highest BCUT2D eigenvalue weighted by molar-refractivity contribution is 7.89. The predicted molar refractivity (Wildman–Crippen MR) is 148 cm³/mol. The van der Waals surface area contributed by atoms with Gasteiger partial charge in [0, 0.05) is 30.7 Å². The molecule has 0 spiro atoms. The Kier molecular flexibility index (Phi) is 7.82. The Morgan fingerprint density at radius 2 is 1.68 bits per heavy atom. The van der Waals surface area contributed by atoms with E-state index in [-0.39, 0.29) is 22.8 Å². The minimum absolute atomic E-state index is 0.00944. The SMILES string of the molecule is C=C(Oc1ccc(S(=O)(=O)N2C3CCCCC3C[C@H]2C(=O)O)cc1)C(CC)c1ccc(N2CCCC2)cc1. The van der Waals surface area contributed by atoms with Crippen molar-refractivity contribution in [3.8, 4) is 5.75 Å². The molecular formula is C30H38N2O5S. The number of allylic oxidation sites excluding steroid dienone is 1. The van der Waals surface area contributed by atoms with Crippen LogP contribution < -0.4 is 9.64 Å².